The quantitative estimate of drug-likeness (QED) is 0.455. The molecule has 0 spiro atoms. The molecule has 4 heterocycles. The molecule has 1 aromatic carbocycles. The lowest BCUT2D eigenvalue weighted by Gasteiger charge is -2.42. The maximum Gasteiger partial charge on any atom is 0.317 e. The van der Waals surface area contributed by atoms with E-state index in [1.165, 1.54) is 19.5 Å². The van der Waals surface area contributed by atoms with Gasteiger partial charge in [0.2, 0.25) is 12.3 Å². The minimum absolute atomic E-state index is 0.0369. The number of fused-ring (bicyclic) bond motifs is 1. The number of nitrogens with zero attached hydrogens (tertiary/aromatic N) is 4. The van der Waals surface area contributed by atoms with Crippen molar-refractivity contribution in [2.45, 2.75) is 18.4 Å². The first-order valence-corrected chi connectivity index (χ1v) is 10.2. The minimum atomic E-state index is -3.44. The summed E-state index contributed by atoms with van der Waals surface area (Å²) in [7, 11) is 0. The largest absolute Gasteiger partial charge is 0.423 e. The highest BCUT2D eigenvalue weighted by atomic mass is 35.5. The van der Waals surface area contributed by atoms with Crippen molar-refractivity contribution in [3.63, 3.8) is 0 Å². The molecule has 1 aliphatic rings. The van der Waals surface area contributed by atoms with Crippen LogP contribution in [0.15, 0.2) is 53.7 Å². The predicted octanol–water partition coefficient (Wildman–Crippen LogP) is 4.84. The normalized spacial score (nSPS) is 19.7. The highest BCUT2D eigenvalue weighted by Crippen LogP contribution is 2.53. The smallest absolute Gasteiger partial charge is 0.317 e. The third-order valence-electron chi connectivity index (χ3n) is 5.18. The van der Waals surface area contributed by atoms with E-state index in [1.54, 1.807) is 12.1 Å². The summed E-state index contributed by atoms with van der Waals surface area (Å²) < 4.78 is 36.5. The summed E-state index contributed by atoms with van der Waals surface area (Å²) in [6.07, 6.45) is 3.49. The zero-order valence-electron chi connectivity index (χ0n) is 15.9. The van der Waals surface area contributed by atoms with Crippen LogP contribution in [0.3, 0.4) is 0 Å². The zero-order chi connectivity index (χ0) is 21.8. The van der Waals surface area contributed by atoms with Crippen molar-refractivity contribution in [1.29, 1.82) is 5.41 Å². The van der Waals surface area contributed by atoms with Crippen molar-refractivity contribution in [2.75, 3.05) is 0 Å². The van der Waals surface area contributed by atoms with Gasteiger partial charge >= 0.3 is 5.92 Å². The molecule has 7 nitrogen and oxygen atoms in total. The van der Waals surface area contributed by atoms with Gasteiger partial charge in [0, 0.05) is 16.6 Å². The average molecular weight is 459 g/mol. The third kappa shape index (κ3) is 2.94. The van der Waals surface area contributed by atoms with Gasteiger partial charge in [-0.3, -0.25) is 5.41 Å². The Hall–Kier alpha value is -3.24. The highest BCUT2D eigenvalue weighted by Gasteiger charge is 2.60. The molecule has 1 aliphatic heterocycles. The maximum absolute atomic E-state index is 15.6. The SMILES string of the molecule is C[C@]1(c2sc(-c3cccc(-c4nnco4)c3)cc2Cl)NC(=N)c2cncnc2C1(F)F. The molecule has 0 bridgehead atoms. The van der Waals surface area contributed by atoms with Crippen LogP contribution < -0.4 is 5.32 Å². The van der Waals surface area contributed by atoms with Crippen LogP contribution in [0.1, 0.15) is 23.1 Å². The fourth-order valence-corrected chi connectivity index (χ4v) is 5.21. The molecule has 4 aromatic rings. The van der Waals surface area contributed by atoms with E-state index < -0.39 is 17.2 Å². The van der Waals surface area contributed by atoms with Crippen LogP contribution in [0, 0.1) is 5.41 Å². The Morgan fingerprint density at radius 3 is 2.81 bits per heavy atom. The number of rotatable bonds is 3. The Labute approximate surface area is 183 Å². The Morgan fingerprint density at radius 1 is 1.23 bits per heavy atom. The average Bonchev–Trinajstić information content (AvgIpc) is 3.43. The Balaban J connectivity index is 1.61. The Bertz CT molecular complexity index is 1310. The molecule has 0 fully saturated rings. The molecular weight excluding hydrogens is 446 g/mol. The first-order valence-electron chi connectivity index (χ1n) is 9.03. The second-order valence-corrected chi connectivity index (χ2v) is 8.56. The van der Waals surface area contributed by atoms with Crippen LogP contribution in [0.2, 0.25) is 5.02 Å². The number of alkyl halides is 2. The predicted molar refractivity (Wildman–Crippen MR) is 111 cm³/mol. The van der Waals surface area contributed by atoms with E-state index in [1.807, 2.05) is 18.2 Å². The summed E-state index contributed by atoms with van der Waals surface area (Å²) in [5.74, 6) is -3.27. The highest BCUT2D eigenvalue weighted by molar-refractivity contribution is 7.16. The van der Waals surface area contributed by atoms with Gasteiger partial charge in [0.15, 0.2) is 0 Å². The molecule has 31 heavy (non-hydrogen) atoms. The van der Waals surface area contributed by atoms with Gasteiger partial charge in [0.25, 0.3) is 0 Å². The van der Waals surface area contributed by atoms with Crippen molar-refractivity contribution < 1.29 is 13.2 Å². The van der Waals surface area contributed by atoms with E-state index in [4.69, 9.17) is 21.4 Å². The Morgan fingerprint density at radius 2 is 2.03 bits per heavy atom. The lowest BCUT2D eigenvalue weighted by molar-refractivity contribution is -0.0930. The molecule has 0 aliphatic carbocycles. The van der Waals surface area contributed by atoms with Crippen molar-refractivity contribution in [3.8, 4) is 21.9 Å². The van der Waals surface area contributed by atoms with Crippen LogP contribution in [-0.4, -0.2) is 26.0 Å². The maximum atomic E-state index is 15.6. The van der Waals surface area contributed by atoms with E-state index in [-0.39, 0.29) is 21.3 Å². The Kier molecular flexibility index (Phi) is 4.38. The number of hydrogen-bond donors (Lipinski definition) is 2. The molecule has 0 saturated heterocycles. The van der Waals surface area contributed by atoms with Crippen molar-refractivity contribution in [1.82, 2.24) is 25.5 Å². The molecule has 0 radical (unpaired) electrons. The number of nitrogens with one attached hydrogen (secondary N) is 2. The molecule has 0 amide bonds. The number of amidine groups is 1. The van der Waals surface area contributed by atoms with E-state index in [0.717, 1.165) is 23.2 Å². The molecule has 1 atom stereocenters. The second kappa shape index (κ2) is 6.89. The summed E-state index contributed by atoms with van der Waals surface area (Å²) in [4.78, 5) is 8.41. The fraction of sp³-hybridized carbons (Fsp3) is 0.150. The van der Waals surface area contributed by atoms with E-state index in [9.17, 15) is 0 Å². The lowest BCUT2D eigenvalue weighted by atomic mass is 9.83. The van der Waals surface area contributed by atoms with Crippen molar-refractivity contribution in [2.24, 2.45) is 0 Å². The summed E-state index contributed by atoms with van der Waals surface area (Å²) >= 11 is 7.57. The fourth-order valence-electron chi connectivity index (χ4n) is 3.55. The van der Waals surface area contributed by atoms with Gasteiger partial charge in [-0.15, -0.1) is 21.5 Å². The lowest BCUT2D eigenvalue weighted by Crippen LogP contribution is -2.58. The number of thiophene rings is 1. The van der Waals surface area contributed by atoms with E-state index in [2.05, 4.69) is 25.5 Å². The van der Waals surface area contributed by atoms with E-state index in [0.29, 0.717) is 16.3 Å². The van der Waals surface area contributed by atoms with Gasteiger partial charge in [0.05, 0.1) is 15.5 Å². The van der Waals surface area contributed by atoms with Gasteiger partial charge in [-0.1, -0.05) is 23.7 Å². The third-order valence-corrected chi connectivity index (χ3v) is 6.99. The van der Waals surface area contributed by atoms with Crippen molar-refractivity contribution >= 4 is 28.8 Å². The van der Waals surface area contributed by atoms with Gasteiger partial charge in [-0.2, -0.15) is 8.78 Å². The number of aromatic nitrogens is 4. The molecule has 3 aromatic heterocycles. The second-order valence-electron chi connectivity index (χ2n) is 7.10. The summed E-state index contributed by atoms with van der Waals surface area (Å²) in [6, 6.07) is 8.91. The number of hydrogen-bond acceptors (Lipinski definition) is 7. The van der Waals surface area contributed by atoms with Gasteiger partial charge < -0.3 is 9.73 Å². The summed E-state index contributed by atoms with van der Waals surface area (Å²) in [6.45, 7) is 1.32. The molecule has 156 valence electrons. The minimum Gasteiger partial charge on any atom is -0.423 e. The molecular formula is C20H13ClF2N6OS. The zero-order valence-corrected chi connectivity index (χ0v) is 17.4. The molecule has 2 N–H and O–H groups in total. The summed E-state index contributed by atoms with van der Waals surface area (Å²) in [5, 5.41) is 18.6. The number of benzene rings is 1. The van der Waals surface area contributed by atoms with Gasteiger partial charge in [0.1, 0.15) is 23.4 Å². The monoisotopic (exact) mass is 458 g/mol. The first kappa shape index (κ1) is 19.7. The first-order chi connectivity index (χ1) is 14.8. The molecule has 11 heteroatoms. The van der Waals surface area contributed by atoms with Crippen LogP contribution >= 0.6 is 22.9 Å². The molecule has 0 saturated carbocycles. The van der Waals surface area contributed by atoms with Gasteiger partial charge in [-0.25, -0.2) is 9.97 Å². The topological polar surface area (TPSA) is 101 Å². The van der Waals surface area contributed by atoms with E-state index >= 15 is 8.78 Å². The van der Waals surface area contributed by atoms with Crippen LogP contribution in [0.5, 0.6) is 0 Å². The summed E-state index contributed by atoms with van der Waals surface area (Å²) in [5.41, 5.74) is -1.05. The van der Waals surface area contributed by atoms with Crippen LogP contribution in [0.4, 0.5) is 8.78 Å². The van der Waals surface area contributed by atoms with Crippen LogP contribution in [0.25, 0.3) is 21.9 Å². The van der Waals surface area contributed by atoms with Crippen LogP contribution in [-0.2, 0) is 11.5 Å². The number of halogens is 3. The van der Waals surface area contributed by atoms with Crippen molar-refractivity contribution in [3.05, 3.63) is 70.4 Å². The standard InChI is InChI=1S/C20H13ClF2N6OS/c1-19(20(22,23)15-12(17(24)28-19)7-25-8-26-15)16-13(21)6-14(31-16)10-3-2-4-11(5-10)18-29-27-9-30-18/h2-9H,1H3,(H2,24,28)/t19-/m1/s1. The van der Waals surface area contributed by atoms with Gasteiger partial charge in [-0.05, 0) is 30.7 Å². The molecule has 5 rings (SSSR count). The molecule has 0 unspecified atom stereocenters.